The van der Waals surface area contributed by atoms with Gasteiger partial charge in [0.05, 0.1) is 5.69 Å². The predicted octanol–water partition coefficient (Wildman–Crippen LogP) is 3.83. The van der Waals surface area contributed by atoms with E-state index in [1.54, 1.807) is 6.20 Å². The molecule has 1 heterocycles. The van der Waals surface area contributed by atoms with Gasteiger partial charge in [0, 0.05) is 17.8 Å². The maximum absolute atomic E-state index is 5.11. The Morgan fingerprint density at radius 3 is 1.95 bits per heavy atom. The second-order valence-electron chi connectivity index (χ2n) is 4.06. The molecule has 3 rings (SSSR count). The molecule has 0 saturated carbocycles. The first-order valence-electron chi connectivity index (χ1n) is 6.50. The Hall–Kier alpha value is -3.12. The maximum Gasteiger partial charge on any atom is 0.235 e. The van der Waals surface area contributed by atoms with Crippen molar-refractivity contribution in [3.05, 3.63) is 79.0 Å². The number of hydrogen-bond donors (Lipinski definition) is 1. The summed E-state index contributed by atoms with van der Waals surface area (Å²) in [5.41, 5.74) is 1.89. The van der Waals surface area contributed by atoms with Gasteiger partial charge in [-0.05, 0) is 6.07 Å². The second kappa shape index (κ2) is 8.13. The molecule has 0 unspecified atom stereocenters. The van der Waals surface area contributed by atoms with Crippen molar-refractivity contribution in [3.8, 4) is 23.7 Å². The summed E-state index contributed by atoms with van der Waals surface area (Å²) in [6.07, 6.45) is 6.78. The lowest BCUT2D eigenvalue weighted by Gasteiger charge is -2.01. The van der Waals surface area contributed by atoms with Crippen molar-refractivity contribution >= 4 is 5.95 Å². The number of nitrogens with zero attached hydrogens (tertiary/aromatic N) is 2. The molecule has 102 valence electrons. The number of rotatable bonds is 2. The van der Waals surface area contributed by atoms with Gasteiger partial charge in [0.1, 0.15) is 0 Å². The molecule has 0 saturated heterocycles. The Morgan fingerprint density at radius 1 is 0.810 bits per heavy atom. The number of anilines is 1. The van der Waals surface area contributed by atoms with Gasteiger partial charge < -0.3 is 0 Å². The van der Waals surface area contributed by atoms with Crippen molar-refractivity contribution in [2.24, 2.45) is 0 Å². The first-order chi connectivity index (χ1) is 10.4. The standard InChI is InChI=1S/C12H9N3.C6H6/c1-2-13-12-14-9-8-11(15-12)10-6-4-3-5-7-10;1-2-4-6-5-3-1/h1,3-9H,(H,13,14,15);1-6H. The highest BCUT2D eigenvalue weighted by atomic mass is 15.1. The molecule has 3 heteroatoms. The fraction of sp³-hybridized carbons (Fsp3) is 0. The monoisotopic (exact) mass is 273 g/mol. The Morgan fingerprint density at radius 2 is 1.38 bits per heavy atom. The summed E-state index contributed by atoms with van der Waals surface area (Å²) in [4.78, 5) is 8.26. The van der Waals surface area contributed by atoms with Crippen LogP contribution in [0.25, 0.3) is 11.3 Å². The highest BCUT2D eigenvalue weighted by Crippen LogP contribution is 2.16. The van der Waals surface area contributed by atoms with Crippen LogP contribution in [-0.2, 0) is 0 Å². The maximum atomic E-state index is 5.11. The average Bonchev–Trinajstić information content (AvgIpc) is 2.58. The van der Waals surface area contributed by atoms with E-state index in [9.17, 15) is 0 Å². The topological polar surface area (TPSA) is 37.8 Å². The summed E-state index contributed by atoms with van der Waals surface area (Å²) in [6.45, 7) is 0. The van der Waals surface area contributed by atoms with Gasteiger partial charge in [0.2, 0.25) is 5.95 Å². The lowest BCUT2D eigenvalue weighted by molar-refractivity contribution is 1.18. The third-order valence-electron chi connectivity index (χ3n) is 2.58. The number of aromatic nitrogens is 2. The molecule has 2 aromatic carbocycles. The fourth-order valence-corrected chi connectivity index (χ4v) is 1.64. The minimum absolute atomic E-state index is 0.443. The minimum atomic E-state index is 0.443. The number of benzene rings is 2. The largest absolute Gasteiger partial charge is 0.283 e. The van der Waals surface area contributed by atoms with E-state index in [-0.39, 0.29) is 0 Å². The fourth-order valence-electron chi connectivity index (χ4n) is 1.64. The van der Waals surface area contributed by atoms with Crippen LogP contribution in [-0.4, -0.2) is 9.97 Å². The van der Waals surface area contributed by atoms with Crippen molar-refractivity contribution in [1.29, 1.82) is 0 Å². The molecule has 1 aromatic heterocycles. The van der Waals surface area contributed by atoms with Gasteiger partial charge >= 0.3 is 0 Å². The summed E-state index contributed by atoms with van der Waals surface area (Å²) in [5.74, 6) is 0.443. The van der Waals surface area contributed by atoms with Crippen LogP contribution in [0.2, 0.25) is 0 Å². The minimum Gasteiger partial charge on any atom is -0.283 e. The van der Waals surface area contributed by atoms with E-state index >= 15 is 0 Å². The molecule has 1 N–H and O–H groups in total. The van der Waals surface area contributed by atoms with E-state index in [1.807, 2.05) is 72.8 Å². The van der Waals surface area contributed by atoms with E-state index in [2.05, 4.69) is 21.3 Å². The molecule has 0 aliphatic heterocycles. The highest BCUT2D eigenvalue weighted by Gasteiger charge is 1.99. The Kier molecular flexibility index (Phi) is 5.53. The molecule has 0 aliphatic rings. The van der Waals surface area contributed by atoms with Crippen LogP contribution < -0.4 is 5.32 Å². The van der Waals surface area contributed by atoms with Gasteiger partial charge in [-0.15, -0.1) is 0 Å². The molecule has 0 spiro atoms. The number of terminal acetylenes is 1. The molecule has 0 amide bonds. The van der Waals surface area contributed by atoms with Gasteiger partial charge in [-0.3, -0.25) is 5.32 Å². The van der Waals surface area contributed by atoms with Crippen molar-refractivity contribution in [2.75, 3.05) is 5.32 Å². The average molecular weight is 273 g/mol. The van der Waals surface area contributed by atoms with Crippen molar-refractivity contribution in [3.63, 3.8) is 0 Å². The van der Waals surface area contributed by atoms with Crippen molar-refractivity contribution in [2.45, 2.75) is 0 Å². The SMILES string of the molecule is C#CNc1nccc(-c2ccccc2)n1.c1ccccc1. The number of hydrogen-bond acceptors (Lipinski definition) is 3. The third-order valence-corrected chi connectivity index (χ3v) is 2.58. The molecule has 0 radical (unpaired) electrons. The molecule has 0 fully saturated rings. The van der Waals surface area contributed by atoms with Crippen LogP contribution >= 0.6 is 0 Å². The third kappa shape index (κ3) is 4.81. The molecular weight excluding hydrogens is 258 g/mol. The van der Waals surface area contributed by atoms with Crippen LogP contribution in [0.1, 0.15) is 0 Å². The molecule has 0 bridgehead atoms. The van der Waals surface area contributed by atoms with Crippen LogP contribution in [0, 0.1) is 12.5 Å². The molecule has 0 atom stereocenters. The summed E-state index contributed by atoms with van der Waals surface area (Å²) in [5, 5.41) is 2.62. The van der Waals surface area contributed by atoms with Gasteiger partial charge in [0.25, 0.3) is 0 Å². The molecule has 0 aliphatic carbocycles. The van der Waals surface area contributed by atoms with Crippen LogP contribution in [0.5, 0.6) is 0 Å². The van der Waals surface area contributed by atoms with Crippen molar-refractivity contribution in [1.82, 2.24) is 9.97 Å². The Balaban J connectivity index is 0.000000225. The smallest absolute Gasteiger partial charge is 0.235 e. The lowest BCUT2D eigenvalue weighted by atomic mass is 10.1. The molecule has 3 aromatic rings. The van der Waals surface area contributed by atoms with E-state index in [4.69, 9.17) is 6.42 Å². The van der Waals surface area contributed by atoms with Crippen LogP contribution in [0.4, 0.5) is 5.95 Å². The number of nitrogens with one attached hydrogen (secondary N) is 1. The lowest BCUT2D eigenvalue weighted by Crippen LogP contribution is -1.96. The highest BCUT2D eigenvalue weighted by molar-refractivity contribution is 5.59. The van der Waals surface area contributed by atoms with Crippen LogP contribution in [0.15, 0.2) is 79.0 Å². The van der Waals surface area contributed by atoms with Gasteiger partial charge in [0.15, 0.2) is 0 Å². The van der Waals surface area contributed by atoms with E-state index in [0.29, 0.717) is 5.95 Å². The zero-order chi connectivity index (χ0) is 14.8. The van der Waals surface area contributed by atoms with Crippen LogP contribution in [0.3, 0.4) is 0 Å². The van der Waals surface area contributed by atoms with Gasteiger partial charge in [-0.2, -0.15) is 0 Å². The quantitative estimate of drug-likeness (QED) is 0.569. The summed E-state index contributed by atoms with van der Waals surface area (Å²) < 4.78 is 0. The zero-order valence-corrected chi connectivity index (χ0v) is 11.5. The predicted molar refractivity (Wildman–Crippen MR) is 86.4 cm³/mol. The zero-order valence-electron chi connectivity index (χ0n) is 11.5. The van der Waals surface area contributed by atoms with E-state index < -0.39 is 0 Å². The molecule has 3 nitrogen and oxygen atoms in total. The molecule has 21 heavy (non-hydrogen) atoms. The summed E-state index contributed by atoms with van der Waals surface area (Å²) in [7, 11) is 0. The molecular formula is C18H15N3. The van der Waals surface area contributed by atoms with Crippen molar-refractivity contribution < 1.29 is 0 Å². The second-order valence-corrected chi connectivity index (χ2v) is 4.06. The van der Waals surface area contributed by atoms with Gasteiger partial charge in [-0.25, -0.2) is 9.97 Å². The Bertz CT molecular complexity index is 662. The van der Waals surface area contributed by atoms with E-state index in [1.165, 1.54) is 0 Å². The van der Waals surface area contributed by atoms with Gasteiger partial charge in [-0.1, -0.05) is 73.2 Å². The normalized spacial score (nSPS) is 8.90. The van der Waals surface area contributed by atoms with E-state index in [0.717, 1.165) is 11.3 Å². The first kappa shape index (κ1) is 14.3. The Labute approximate surface area is 124 Å². The summed E-state index contributed by atoms with van der Waals surface area (Å²) in [6, 6.07) is 26.0. The summed E-state index contributed by atoms with van der Waals surface area (Å²) >= 11 is 0. The first-order valence-corrected chi connectivity index (χ1v) is 6.50.